The molecule has 1 aliphatic carbocycles. The normalized spacial score (nSPS) is 23.6. The number of nitriles is 1. The van der Waals surface area contributed by atoms with Crippen LogP contribution in [-0.2, 0) is 24.0 Å². The number of ether oxygens (including phenoxy) is 1. The minimum atomic E-state index is -0.462. The largest absolute Gasteiger partial charge is 0.493 e. The summed E-state index contributed by atoms with van der Waals surface area (Å²) in [5.41, 5.74) is 17.7. The molecule has 3 atom stereocenters. The fraction of sp³-hybridized carbons (Fsp3) is 0.636. The monoisotopic (exact) mass is 885 g/mol. The van der Waals surface area contributed by atoms with Gasteiger partial charge in [-0.2, -0.15) is 5.26 Å². The fourth-order valence-corrected chi connectivity index (χ4v) is 9.73. The highest BCUT2D eigenvalue weighted by Gasteiger charge is 2.54. The molecule has 5 aliphatic rings. The topological polar surface area (TPSA) is 261 Å². The van der Waals surface area contributed by atoms with Crippen molar-refractivity contribution in [2.24, 2.45) is 35.0 Å². The number of primary amides is 3. The molecule has 6 amide bonds. The van der Waals surface area contributed by atoms with Crippen molar-refractivity contribution in [3.8, 4) is 11.8 Å². The zero-order chi connectivity index (χ0) is 45.3. The number of nitrogens with one attached hydrogen (secondary N) is 1. The van der Waals surface area contributed by atoms with Crippen LogP contribution in [0, 0.1) is 29.1 Å². The van der Waals surface area contributed by atoms with Gasteiger partial charge >= 0.3 is 0 Å². The van der Waals surface area contributed by atoms with Crippen LogP contribution < -0.4 is 27.3 Å². The van der Waals surface area contributed by atoms with Crippen LogP contribution in [0.1, 0.15) is 36.0 Å². The van der Waals surface area contributed by atoms with Crippen molar-refractivity contribution in [2.45, 2.75) is 37.8 Å². The van der Waals surface area contributed by atoms with Gasteiger partial charge in [0, 0.05) is 109 Å². The van der Waals surface area contributed by atoms with E-state index in [2.05, 4.69) is 26.2 Å². The fourth-order valence-electron chi connectivity index (χ4n) is 9.73. The van der Waals surface area contributed by atoms with Gasteiger partial charge in [0.15, 0.2) is 0 Å². The number of fused-ring (bicyclic) bond motifs is 2. The van der Waals surface area contributed by atoms with Gasteiger partial charge in [0.05, 0.1) is 56.5 Å². The number of nitrogens with zero attached hydrogens (tertiary/aromatic N) is 9. The molecule has 1 saturated carbocycles. The Morgan fingerprint density at radius 1 is 0.719 bits per heavy atom. The number of nitrogens with two attached hydrogens (primary N) is 3. The first kappa shape index (κ1) is 46.5. The van der Waals surface area contributed by atoms with Gasteiger partial charge in [0.2, 0.25) is 29.5 Å². The number of hydrogen-bond donors (Lipinski definition) is 4. The Morgan fingerprint density at radius 3 is 1.86 bits per heavy atom. The molecular weight excluding hydrogens is 823 g/mol. The van der Waals surface area contributed by atoms with Crippen molar-refractivity contribution < 1.29 is 33.5 Å². The third kappa shape index (κ3) is 12.6. The molecule has 0 spiro atoms. The van der Waals surface area contributed by atoms with E-state index in [1.165, 1.54) is 0 Å². The highest BCUT2D eigenvalue weighted by atomic mass is 16.5. The van der Waals surface area contributed by atoms with Crippen molar-refractivity contribution in [1.82, 2.24) is 44.6 Å². The lowest BCUT2D eigenvalue weighted by molar-refractivity contribution is -0.134. The minimum absolute atomic E-state index is 0.0526. The maximum absolute atomic E-state index is 13.7. The number of piperidine rings is 2. The lowest BCUT2D eigenvalue weighted by atomic mass is 9.92. The molecule has 20 heteroatoms. The molecule has 4 aliphatic heterocycles. The summed E-state index contributed by atoms with van der Waals surface area (Å²) < 4.78 is 6.21. The molecule has 0 unspecified atom stereocenters. The number of likely N-dealkylation sites (tertiary alicyclic amines) is 3. The number of hydrogen-bond acceptors (Lipinski definition) is 14. The number of benzene rings is 1. The van der Waals surface area contributed by atoms with Crippen molar-refractivity contribution in [3.63, 3.8) is 0 Å². The highest BCUT2D eigenvalue weighted by Crippen LogP contribution is 2.47. The van der Waals surface area contributed by atoms with E-state index in [0.717, 1.165) is 38.9 Å². The smallest absolute Gasteiger partial charge is 0.252 e. The van der Waals surface area contributed by atoms with Crippen LogP contribution in [0.5, 0.6) is 5.75 Å². The first-order valence-corrected chi connectivity index (χ1v) is 22.6. The zero-order valence-corrected chi connectivity index (χ0v) is 36.7. The number of carbonyl (C=O) groups excluding carboxylic acids is 6. The minimum Gasteiger partial charge on any atom is -0.493 e. The number of carbonyl (C=O) groups is 6. The van der Waals surface area contributed by atoms with Gasteiger partial charge in [-0.05, 0) is 61.8 Å². The van der Waals surface area contributed by atoms with Crippen LogP contribution in [0.4, 0.5) is 0 Å². The second-order valence-corrected chi connectivity index (χ2v) is 18.2. The van der Waals surface area contributed by atoms with Crippen LogP contribution in [-0.4, -0.2) is 211 Å². The van der Waals surface area contributed by atoms with E-state index in [0.29, 0.717) is 118 Å². The van der Waals surface area contributed by atoms with Gasteiger partial charge in [0.25, 0.3) is 5.91 Å². The van der Waals surface area contributed by atoms with Crippen molar-refractivity contribution in [1.29, 1.82) is 5.26 Å². The summed E-state index contributed by atoms with van der Waals surface area (Å²) in [7, 11) is 0. The molecule has 5 fully saturated rings. The summed E-state index contributed by atoms with van der Waals surface area (Å²) in [5, 5.41) is 12.9. The molecule has 1 aromatic carbocycles. The Hall–Kier alpha value is -5.46. The second-order valence-electron chi connectivity index (χ2n) is 18.2. The van der Waals surface area contributed by atoms with Crippen LogP contribution in [0.15, 0.2) is 30.5 Å². The number of pyridine rings is 1. The quantitative estimate of drug-likeness (QED) is 0.138. The van der Waals surface area contributed by atoms with Crippen LogP contribution in [0.25, 0.3) is 10.9 Å². The van der Waals surface area contributed by atoms with Gasteiger partial charge in [-0.1, -0.05) is 0 Å². The molecule has 20 nitrogen and oxygen atoms in total. The summed E-state index contributed by atoms with van der Waals surface area (Å²) in [6, 6.07) is 9.06. The predicted molar refractivity (Wildman–Crippen MR) is 235 cm³/mol. The molecule has 7 rings (SSSR count). The van der Waals surface area contributed by atoms with Gasteiger partial charge in [-0.25, -0.2) is 0 Å². The number of aromatic nitrogens is 1. The maximum atomic E-state index is 13.7. The summed E-state index contributed by atoms with van der Waals surface area (Å²) in [4.78, 5) is 93.7. The Morgan fingerprint density at radius 2 is 1.30 bits per heavy atom. The van der Waals surface area contributed by atoms with E-state index in [1.807, 2.05) is 37.8 Å². The van der Waals surface area contributed by atoms with Gasteiger partial charge in [-0.15, -0.1) is 0 Å². The van der Waals surface area contributed by atoms with Crippen LogP contribution in [0.3, 0.4) is 0 Å². The summed E-state index contributed by atoms with van der Waals surface area (Å²) >= 11 is 0. The summed E-state index contributed by atoms with van der Waals surface area (Å²) in [6.45, 7) is 8.86. The molecule has 0 radical (unpaired) electrons. The molecule has 4 saturated heterocycles. The lowest BCUT2D eigenvalue weighted by Gasteiger charge is -2.42. The van der Waals surface area contributed by atoms with Gasteiger partial charge in [0.1, 0.15) is 11.8 Å². The average molecular weight is 886 g/mol. The van der Waals surface area contributed by atoms with E-state index in [4.69, 9.17) is 21.9 Å². The molecule has 0 bridgehead atoms. The van der Waals surface area contributed by atoms with Crippen LogP contribution >= 0.6 is 0 Å². The van der Waals surface area contributed by atoms with E-state index < -0.39 is 23.8 Å². The van der Waals surface area contributed by atoms with E-state index in [-0.39, 0.29) is 56.5 Å². The Labute approximate surface area is 373 Å². The maximum Gasteiger partial charge on any atom is 0.252 e. The third-order valence-corrected chi connectivity index (χ3v) is 13.3. The summed E-state index contributed by atoms with van der Waals surface area (Å²) in [6.07, 6.45) is 5.04. The molecule has 1 aromatic heterocycles. The van der Waals surface area contributed by atoms with Crippen molar-refractivity contribution in [3.05, 3.63) is 36.0 Å². The lowest BCUT2D eigenvalue weighted by Crippen LogP contribution is -2.53. The van der Waals surface area contributed by atoms with Gasteiger partial charge < -0.3 is 42.0 Å². The second kappa shape index (κ2) is 21.5. The predicted octanol–water partition coefficient (Wildman–Crippen LogP) is -2.30. The number of amides is 6. The summed E-state index contributed by atoms with van der Waals surface area (Å²) in [5.74, 6) is -0.0433. The van der Waals surface area contributed by atoms with E-state index in [1.54, 1.807) is 17.2 Å². The van der Waals surface area contributed by atoms with Crippen molar-refractivity contribution >= 4 is 46.3 Å². The molecule has 64 heavy (non-hydrogen) atoms. The average Bonchev–Trinajstić information content (AvgIpc) is 3.91. The van der Waals surface area contributed by atoms with Crippen LogP contribution in [0.2, 0.25) is 0 Å². The Kier molecular flexibility index (Phi) is 15.6. The third-order valence-electron chi connectivity index (χ3n) is 13.3. The Bertz CT molecular complexity index is 2040. The first-order chi connectivity index (χ1) is 30.8. The van der Waals surface area contributed by atoms with Crippen molar-refractivity contribution in [2.75, 3.05) is 124 Å². The zero-order valence-electron chi connectivity index (χ0n) is 36.7. The van der Waals surface area contributed by atoms with E-state index in [9.17, 15) is 34.0 Å². The molecule has 2 aromatic rings. The first-order valence-electron chi connectivity index (χ1n) is 22.6. The SMILES string of the molecule is N#C[C@@H]1C[C@@H]2C[C@@H]2N1C(=O)CNC(=O)c1ccnc2ccc(OCC3CN(CC4CCN(C(=O)CN5CCN(CC(N)=O)CCN(CC(N)=O)CCN(CC(N)=O)CC5)CC4)C3)cc12. The van der Waals surface area contributed by atoms with Gasteiger partial charge in [-0.3, -0.25) is 53.4 Å². The standard InChI is InChI=1S/C44H63N13O7/c45-20-33-17-32-18-38(32)57(33)42(61)21-50-44(63)35-3-6-49-37-2-1-34(19-36(35)37)64-29-31-23-55(24-31)22-30-4-7-56(8-5-30)43(62)28-54-15-13-52(26-40(47)59)11-9-51(25-39(46)58)10-12-53(14-16-54)27-41(48)60/h1-3,6,19,30-33,38H,4-5,7-18,21-29H2,(H2,46,58)(H2,47,59)(H2,48,60)(H,50,63)/t32-,33+,38+/m1/s1. The molecular formula is C44H63N13O7. The number of rotatable bonds is 16. The van der Waals surface area contributed by atoms with E-state index >= 15 is 0 Å². The Balaban J connectivity index is 0.836. The highest BCUT2D eigenvalue weighted by molar-refractivity contribution is 6.07. The molecule has 5 heterocycles. The molecule has 346 valence electrons. The molecule has 7 N–H and O–H groups in total.